The molecule has 0 unspecified atom stereocenters. The van der Waals surface area contributed by atoms with Gasteiger partial charge in [-0.15, -0.1) is 0 Å². The fourth-order valence-electron chi connectivity index (χ4n) is 1.42. The van der Waals surface area contributed by atoms with E-state index in [-0.39, 0.29) is 0 Å². The molecule has 0 aliphatic heterocycles. The Morgan fingerprint density at radius 3 is 2.74 bits per heavy atom. The Bertz CT molecular complexity index is 682. The molecule has 19 heavy (non-hydrogen) atoms. The summed E-state index contributed by atoms with van der Waals surface area (Å²) in [6, 6.07) is 7.03. The van der Waals surface area contributed by atoms with Gasteiger partial charge in [0.1, 0.15) is 11.9 Å². The van der Waals surface area contributed by atoms with Crippen molar-refractivity contribution in [3.05, 3.63) is 44.5 Å². The summed E-state index contributed by atoms with van der Waals surface area (Å²) in [5.41, 5.74) is 6.88. The fraction of sp³-hybridized carbons (Fsp3) is 0. The maximum absolute atomic E-state index is 9.04. The van der Waals surface area contributed by atoms with Gasteiger partial charge in [-0.1, -0.05) is 23.2 Å². The zero-order valence-corrected chi connectivity index (χ0v) is 12.5. The van der Waals surface area contributed by atoms with Crippen LogP contribution in [-0.2, 0) is 0 Å². The standard InChI is InChI=1S/C12H7BrCl2N4/c13-8-1-2-9(11(15)10(8)14)19-12-6(4-16)3-7(17)5-18-12/h1-3,5H,17H2,(H,18,19). The number of halogens is 3. The van der Waals surface area contributed by atoms with Gasteiger partial charge in [0.2, 0.25) is 0 Å². The molecule has 0 aliphatic carbocycles. The molecule has 1 heterocycles. The van der Waals surface area contributed by atoms with Gasteiger partial charge in [0.25, 0.3) is 0 Å². The molecule has 0 saturated heterocycles. The average Bonchev–Trinajstić information content (AvgIpc) is 2.41. The van der Waals surface area contributed by atoms with E-state index in [1.54, 1.807) is 12.1 Å². The van der Waals surface area contributed by atoms with Crippen molar-refractivity contribution < 1.29 is 0 Å². The molecule has 0 radical (unpaired) electrons. The molecule has 0 atom stereocenters. The molecule has 0 bridgehead atoms. The van der Waals surface area contributed by atoms with Crippen LogP contribution in [0.2, 0.25) is 10.0 Å². The fourth-order valence-corrected chi connectivity index (χ4v) is 2.24. The number of hydrogen-bond donors (Lipinski definition) is 2. The predicted octanol–water partition coefficient (Wildman–Crippen LogP) is 4.35. The van der Waals surface area contributed by atoms with Crippen LogP contribution in [0.1, 0.15) is 5.56 Å². The number of aromatic nitrogens is 1. The maximum atomic E-state index is 9.04. The van der Waals surface area contributed by atoms with E-state index in [1.807, 2.05) is 6.07 Å². The van der Waals surface area contributed by atoms with Crippen LogP contribution in [0, 0.1) is 11.3 Å². The van der Waals surface area contributed by atoms with Crippen molar-refractivity contribution in [1.29, 1.82) is 5.26 Å². The summed E-state index contributed by atoms with van der Waals surface area (Å²) >= 11 is 15.4. The second kappa shape index (κ2) is 5.66. The highest BCUT2D eigenvalue weighted by Gasteiger charge is 2.11. The van der Waals surface area contributed by atoms with Crippen molar-refractivity contribution in [3.8, 4) is 6.07 Å². The first kappa shape index (κ1) is 13.9. The van der Waals surface area contributed by atoms with Crippen LogP contribution >= 0.6 is 39.1 Å². The normalized spacial score (nSPS) is 10.0. The summed E-state index contributed by atoms with van der Waals surface area (Å²) in [6.45, 7) is 0. The van der Waals surface area contributed by atoms with E-state index < -0.39 is 0 Å². The van der Waals surface area contributed by atoms with Gasteiger partial charge in [0.05, 0.1) is 33.2 Å². The van der Waals surface area contributed by atoms with Crippen molar-refractivity contribution in [2.45, 2.75) is 0 Å². The van der Waals surface area contributed by atoms with E-state index in [9.17, 15) is 0 Å². The molecule has 1 aromatic carbocycles. The minimum atomic E-state index is 0.329. The number of nitrogen functional groups attached to an aromatic ring is 1. The third-order valence-corrected chi connectivity index (χ3v) is 4.09. The van der Waals surface area contributed by atoms with Gasteiger partial charge in [-0.05, 0) is 34.1 Å². The van der Waals surface area contributed by atoms with E-state index >= 15 is 0 Å². The monoisotopic (exact) mass is 356 g/mol. The smallest absolute Gasteiger partial charge is 0.148 e. The molecule has 0 aliphatic rings. The van der Waals surface area contributed by atoms with Crippen LogP contribution in [0.15, 0.2) is 28.9 Å². The molecule has 2 aromatic rings. The third-order valence-electron chi connectivity index (χ3n) is 2.32. The van der Waals surface area contributed by atoms with Gasteiger partial charge in [-0.2, -0.15) is 5.26 Å². The summed E-state index contributed by atoms with van der Waals surface area (Å²) in [6.07, 6.45) is 1.46. The Labute approximate surface area is 128 Å². The number of pyridine rings is 1. The van der Waals surface area contributed by atoms with Crippen LogP contribution in [0.4, 0.5) is 17.2 Å². The van der Waals surface area contributed by atoms with Gasteiger partial charge in [-0.25, -0.2) is 4.98 Å². The second-order valence-corrected chi connectivity index (χ2v) is 5.23. The quantitative estimate of drug-likeness (QED) is 0.783. The number of nitrogens with two attached hydrogens (primary N) is 1. The van der Waals surface area contributed by atoms with Crippen LogP contribution in [0.25, 0.3) is 0 Å². The van der Waals surface area contributed by atoms with Crippen LogP contribution in [0.5, 0.6) is 0 Å². The third kappa shape index (κ3) is 2.92. The Morgan fingerprint density at radius 2 is 2.05 bits per heavy atom. The molecule has 96 valence electrons. The highest BCUT2D eigenvalue weighted by Crippen LogP contribution is 2.37. The first-order valence-corrected chi connectivity index (χ1v) is 6.64. The number of benzene rings is 1. The molecule has 4 nitrogen and oxygen atoms in total. The SMILES string of the molecule is N#Cc1cc(N)cnc1Nc1ccc(Br)c(Cl)c1Cl. The molecule has 1 aromatic heterocycles. The number of nitriles is 1. The molecule has 0 saturated carbocycles. The molecule has 0 fully saturated rings. The van der Waals surface area contributed by atoms with Gasteiger partial charge >= 0.3 is 0 Å². The molecule has 2 rings (SSSR count). The molecule has 3 N–H and O–H groups in total. The van der Waals surface area contributed by atoms with E-state index in [4.69, 9.17) is 34.2 Å². The minimum absolute atomic E-state index is 0.329. The van der Waals surface area contributed by atoms with Crippen LogP contribution in [-0.4, -0.2) is 4.98 Å². The molecule has 7 heteroatoms. The minimum Gasteiger partial charge on any atom is -0.397 e. The van der Waals surface area contributed by atoms with Gasteiger partial charge in [0, 0.05) is 4.47 Å². The second-order valence-electron chi connectivity index (χ2n) is 3.62. The number of nitrogens with one attached hydrogen (secondary N) is 1. The Morgan fingerprint density at radius 1 is 1.32 bits per heavy atom. The van der Waals surface area contributed by atoms with E-state index in [2.05, 4.69) is 26.2 Å². The molecular weight excluding hydrogens is 351 g/mol. The zero-order chi connectivity index (χ0) is 14.0. The van der Waals surface area contributed by atoms with Crippen molar-refractivity contribution >= 4 is 56.3 Å². The lowest BCUT2D eigenvalue weighted by atomic mass is 10.2. The van der Waals surface area contributed by atoms with E-state index in [0.717, 1.165) is 0 Å². The van der Waals surface area contributed by atoms with E-state index in [1.165, 1.54) is 12.3 Å². The van der Waals surface area contributed by atoms with Crippen LogP contribution in [0.3, 0.4) is 0 Å². The summed E-state index contributed by atoms with van der Waals surface area (Å²) in [5, 5.41) is 12.7. The first-order chi connectivity index (χ1) is 9.02. The lowest BCUT2D eigenvalue weighted by molar-refractivity contribution is 1.29. The summed E-state index contributed by atoms with van der Waals surface area (Å²) in [4.78, 5) is 4.07. The van der Waals surface area contributed by atoms with Gasteiger partial charge in [0.15, 0.2) is 0 Å². The van der Waals surface area contributed by atoms with Crippen molar-refractivity contribution in [2.75, 3.05) is 11.1 Å². The summed E-state index contributed by atoms with van der Waals surface area (Å²) in [7, 11) is 0. The van der Waals surface area contributed by atoms with Crippen LogP contribution < -0.4 is 11.1 Å². The van der Waals surface area contributed by atoms with Crippen molar-refractivity contribution in [2.24, 2.45) is 0 Å². The Kier molecular flexibility index (Phi) is 4.15. The number of anilines is 3. The lowest BCUT2D eigenvalue weighted by Gasteiger charge is -2.11. The highest BCUT2D eigenvalue weighted by atomic mass is 79.9. The largest absolute Gasteiger partial charge is 0.397 e. The average molecular weight is 358 g/mol. The van der Waals surface area contributed by atoms with Gasteiger partial charge < -0.3 is 11.1 Å². The van der Waals surface area contributed by atoms with E-state index in [0.29, 0.717) is 37.3 Å². The van der Waals surface area contributed by atoms with Gasteiger partial charge in [-0.3, -0.25) is 0 Å². The zero-order valence-electron chi connectivity index (χ0n) is 9.42. The summed E-state index contributed by atoms with van der Waals surface area (Å²) in [5.74, 6) is 0.372. The Hall–Kier alpha value is -1.48. The number of rotatable bonds is 2. The Balaban J connectivity index is 2.43. The topological polar surface area (TPSA) is 74.7 Å². The first-order valence-electron chi connectivity index (χ1n) is 5.09. The maximum Gasteiger partial charge on any atom is 0.148 e. The van der Waals surface area contributed by atoms with Crippen molar-refractivity contribution in [1.82, 2.24) is 4.98 Å². The predicted molar refractivity (Wildman–Crippen MR) is 80.8 cm³/mol. The summed E-state index contributed by atoms with van der Waals surface area (Å²) < 4.78 is 0.690. The molecular formula is C12H7BrCl2N4. The highest BCUT2D eigenvalue weighted by molar-refractivity contribution is 9.10. The lowest BCUT2D eigenvalue weighted by Crippen LogP contribution is -1.99. The molecule has 0 spiro atoms. The van der Waals surface area contributed by atoms with Crippen molar-refractivity contribution in [3.63, 3.8) is 0 Å². The number of nitrogens with zero attached hydrogens (tertiary/aromatic N) is 2. The number of hydrogen-bond acceptors (Lipinski definition) is 4. The molecule has 0 amide bonds.